The van der Waals surface area contributed by atoms with Gasteiger partial charge >= 0.3 is 6.09 Å². The maximum Gasteiger partial charge on any atom is 0.410 e. The van der Waals surface area contributed by atoms with Crippen molar-refractivity contribution in [3.8, 4) is 0 Å². The molecular weight excluding hydrogens is 328 g/mol. The molecule has 1 heterocycles. The van der Waals surface area contributed by atoms with Crippen LogP contribution in [-0.4, -0.2) is 53.4 Å². The number of ether oxygens (including phenoxy) is 1. The molecule has 24 heavy (non-hydrogen) atoms. The number of rotatable bonds is 6. The van der Waals surface area contributed by atoms with Gasteiger partial charge in [-0.15, -0.1) is 11.6 Å². The molecule has 6 heteroatoms. The highest BCUT2D eigenvalue weighted by Crippen LogP contribution is 2.20. The highest BCUT2D eigenvalue weighted by Gasteiger charge is 2.30. The van der Waals surface area contributed by atoms with E-state index in [9.17, 15) is 9.59 Å². The summed E-state index contributed by atoms with van der Waals surface area (Å²) in [6.07, 6.45) is 0.584. The number of benzene rings is 1. The fourth-order valence-electron chi connectivity index (χ4n) is 2.91. The number of hydrogen-bond acceptors (Lipinski definition) is 3. The third kappa shape index (κ3) is 5.13. The van der Waals surface area contributed by atoms with Crippen molar-refractivity contribution in [2.45, 2.75) is 32.9 Å². The molecule has 1 atom stereocenters. The highest BCUT2D eigenvalue weighted by molar-refractivity contribution is 6.27. The molecule has 132 valence electrons. The molecule has 1 aliphatic heterocycles. The Balaban J connectivity index is 1.81. The average Bonchev–Trinajstić information content (AvgIpc) is 3.06. The molecule has 0 bridgehead atoms. The Kier molecular flexibility index (Phi) is 6.91. The quantitative estimate of drug-likeness (QED) is 0.739. The largest absolute Gasteiger partial charge is 0.445 e. The molecule has 0 aliphatic carbocycles. The lowest BCUT2D eigenvalue weighted by atomic mass is 10.1. The number of likely N-dealkylation sites (tertiary alicyclic amines) is 1. The summed E-state index contributed by atoms with van der Waals surface area (Å²) >= 11 is 5.68. The molecule has 0 N–H and O–H groups in total. The summed E-state index contributed by atoms with van der Waals surface area (Å²) in [7, 11) is 0. The monoisotopic (exact) mass is 352 g/mol. The lowest BCUT2D eigenvalue weighted by Gasteiger charge is -2.28. The molecule has 1 saturated heterocycles. The van der Waals surface area contributed by atoms with Crippen LogP contribution in [0, 0.1) is 5.92 Å². The number of amides is 2. The van der Waals surface area contributed by atoms with Crippen LogP contribution in [0.15, 0.2) is 30.3 Å². The summed E-state index contributed by atoms with van der Waals surface area (Å²) in [4.78, 5) is 27.6. The van der Waals surface area contributed by atoms with E-state index in [2.05, 4.69) is 0 Å². The van der Waals surface area contributed by atoms with Crippen LogP contribution in [0.5, 0.6) is 0 Å². The van der Waals surface area contributed by atoms with E-state index in [0.717, 1.165) is 12.0 Å². The van der Waals surface area contributed by atoms with Crippen molar-refractivity contribution in [2.24, 2.45) is 5.92 Å². The van der Waals surface area contributed by atoms with Crippen LogP contribution >= 0.6 is 11.6 Å². The Hall–Kier alpha value is -1.75. The summed E-state index contributed by atoms with van der Waals surface area (Å²) in [5.74, 6) is 0.203. The van der Waals surface area contributed by atoms with Crippen molar-refractivity contribution in [1.29, 1.82) is 0 Å². The first-order valence-electron chi connectivity index (χ1n) is 8.32. The number of halogens is 1. The lowest BCUT2D eigenvalue weighted by Crippen LogP contribution is -2.42. The van der Waals surface area contributed by atoms with Crippen LogP contribution in [0.3, 0.4) is 0 Å². The molecule has 5 nitrogen and oxygen atoms in total. The van der Waals surface area contributed by atoms with Crippen molar-refractivity contribution in [3.05, 3.63) is 35.9 Å². The number of carbonyl (C=O) groups is 2. The van der Waals surface area contributed by atoms with Gasteiger partial charge in [-0.05, 0) is 31.7 Å². The molecule has 2 rings (SSSR count). The summed E-state index contributed by atoms with van der Waals surface area (Å²) in [5.41, 5.74) is 0.972. The van der Waals surface area contributed by atoms with E-state index in [-0.39, 0.29) is 36.4 Å². The van der Waals surface area contributed by atoms with Gasteiger partial charge < -0.3 is 14.5 Å². The Bertz CT molecular complexity index is 550. The van der Waals surface area contributed by atoms with Gasteiger partial charge in [0.1, 0.15) is 12.5 Å². The molecule has 1 aliphatic rings. The number of carbonyl (C=O) groups excluding carboxylic acids is 2. The first-order chi connectivity index (χ1) is 11.5. The highest BCUT2D eigenvalue weighted by atomic mass is 35.5. The average molecular weight is 353 g/mol. The van der Waals surface area contributed by atoms with Crippen LogP contribution < -0.4 is 0 Å². The second-order valence-corrected chi connectivity index (χ2v) is 6.68. The second kappa shape index (κ2) is 8.92. The van der Waals surface area contributed by atoms with Crippen molar-refractivity contribution in [3.63, 3.8) is 0 Å². The molecule has 0 aromatic heterocycles. The van der Waals surface area contributed by atoms with Crippen molar-refractivity contribution in [1.82, 2.24) is 9.80 Å². The second-order valence-electron chi connectivity index (χ2n) is 6.41. The molecule has 1 aromatic carbocycles. The Morgan fingerprint density at radius 1 is 1.33 bits per heavy atom. The van der Waals surface area contributed by atoms with E-state index in [1.807, 2.05) is 44.2 Å². The number of hydrogen-bond donors (Lipinski definition) is 0. The zero-order valence-corrected chi connectivity index (χ0v) is 15.0. The Morgan fingerprint density at radius 3 is 2.67 bits per heavy atom. The Labute approximate surface area is 148 Å². The van der Waals surface area contributed by atoms with E-state index in [1.165, 1.54) is 0 Å². The Morgan fingerprint density at radius 2 is 2.04 bits per heavy atom. The van der Waals surface area contributed by atoms with E-state index in [0.29, 0.717) is 19.6 Å². The molecule has 1 aromatic rings. The predicted molar refractivity (Wildman–Crippen MR) is 93.9 cm³/mol. The first-order valence-corrected chi connectivity index (χ1v) is 8.85. The van der Waals surface area contributed by atoms with Gasteiger partial charge in [-0.2, -0.15) is 0 Å². The van der Waals surface area contributed by atoms with Crippen LogP contribution in [0.25, 0.3) is 0 Å². The molecule has 1 fully saturated rings. The predicted octanol–water partition coefficient (Wildman–Crippen LogP) is 3.12. The van der Waals surface area contributed by atoms with E-state index >= 15 is 0 Å². The molecule has 1 unspecified atom stereocenters. The zero-order chi connectivity index (χ0) is 17.5. The van der Waals surface area contributed by atoms with E-state index < -0.39 is 0 Å². The molecular formula is C18H25ClN2O3. The first kappa shape index (κ1) is 18.6. The normalized spacial score (nSPS) is 17.2. The molecule has 0 radical (unpaired) electrons. The smallest absolute Gasteiger partial charge is 0.410 e. The van der Waals surface area contributed by atoms with Gasteiger partial charge in [0.15, 0.2) is 0 Å². The topological polar surface area (TPSA) is 49.9 Å². The fourth-order valence-corrected chi connectivity index (χ4v) is 3.07. The van der Waals surface area contributed by atoms with Gasteiger partial charge in [0.2, 0.25) is 5.91 Å². The summed E-state index contributed by atoms with van der Waals surface area (Å²) < 4.78 is 5.37. The maximum absolute atomic E-state index is 12.2. The minimum Gasteiger partial charge on any atom is -0.445 e. The van der Waals surface area contributed by atoms with Crippen LogP contribution in [0.1, 0.15) is 25.8 Å². The summed E-state index contributed by atoms with van der Waals surface area (Å²) in [6.45, 7) is 6.15. The van der Waals surface area contributed by atoms with Crippen molar-refractivity contribution < 1.29 is 14.3 Å². The SMILES string of the molecule is CC(C)N(CC1CCN(C(=O)OCc2ccccc2)C1)C(=O)CCl. The zero-order valence-electron chi connectivity index (χ0n) is 14.3. The van der Waals surface area contributed by atoms with E-state index in [4.69, 9.17) is 16.3 Å². The van der Waals surface area contributed by atoms with Crippen LogP contribution in [0.4, 0.5) is 4.79 Å². The molecule has 2 amide bonds. The van der Waals surface area contributed by atoms with E-state index in [1.54, 1.807) is 9.80 Å². The summed E-state index contributed by atoms with van der Waals surface area (Å²) in [6, 6.07) is 9.73. The minimum absolute atomic E-state index is 0.00622. The van der Waals surface area contributed by atoms with Crippen molar-refractivity contribution in [2.75, 3.05) is 25.5 Å². The van der Waals surface area contributed by atoms with Gasteiger partial charge in [0, 0.05) is 25.7 Å². The third-order valence-electron chi connectivity index (χ3n) is 4.26. The molecule has 0 saturated carbocycles. The van der Waals surface area contributed by atoms with Gasteiger partial charge in [-0.1, -0.05) is 30.3 Å². The van der Waals surface area contributed by atoms with Crippen LogP contribution in [-0.2, 0) is 16.1 Å². The van der Waals surface area contributed by atoms with Crippen molar-refractivity contribution >= 4 is 23.6 Å². The maximum atomic E-state index is 12.2. The lowest BCUT2D eigenvalue weighted by molar-refractivity contribution is -0.130. The minimum atomic E-state index is -0.291. The fraction of sp³-hybridized carbons (Fsp3) is 0.556. The third-order valence-corrected chi connectivity index (χ3v) is 4.49. The van der Waals surface area contributed by atoms with Gasteiger partial charge in [-0.25, -0.2) is 4.79 Å². The number of nitrogens with zero attached hydrogens (tertiary/aromatic N) is 2. The van der Waals surface area contributed by atoms with Gasteiger partial charge in [-0.3, -0.25) is 4.79 Å². The van der Waals surface area contributed by atoms with Crippen LogP contribution in [0.2, 0.25) is 0 Å². The van der Waals surface area contributed by atoms with Gasteiger partial charge in [0.05, 0.1) is 0 Å². The van der Waals surface area contributed by atoms with Gasteiger partial charge in [0.25, 0.3) is 0 Å². The standard InChI is InChI=1S/C18H25ClN2O3/c1-14(2)21(17(22)10-19)12-16-8-9-20(11-16)18(23)24-13-15-6-4-3-5-7-15/h3-7,14,16H,8-13H2,1-2H3. The summed E-state index contributed by atoms with van der Waals surface area (Å²) in [5, 5.41) is 0. The molecule has 0 spiro atoms. The number of alkyl halides is 1.